The highest BCUT2D eigenvalue weighted by molar-refractivity contribution is 8.54. The zero-order chi connectivity index (χ0) is 12.7. The maximum Gasteiger partial charge on any atom is 0.384 e. The molecule has 0 unspecified atom stereocenters. The molecule has 0 radical (unpaired) electrons. The Kier molecular flexibility index (Phi) is 8.18. The molecular weight excluding hydrogens is 263 g/mol. The quantitative estimate of drug-likeness (QED) is 0.286. The molecule has 0 fully saturated rings. The molecule has 0 bridgehead atoms. The van der Waals surface area contributed by atoms with Crippen molar-refractivity contribution >= 4 is 26.3 Å². The number of nitrogens with one attached hydrogen (secondary N) is 2. The SMILES string of the molecule is C[Si](C)(C)CNCCNCCSP(=O)(O)O. The molecule has 0 aliphatic rings. The van der Waals surface area contributed by atoms with Gasteiger partial charge in [0.1, 0.15) is 0 Å². The van der Waals surface area contributed by atoms with Gasteiger partial charge in [-0.15, -0.1) is 0 Å². The van der Waals surface area contributed by atoms with Crippen molar-refractivity contribution < 1.29 is 14.4 Å². The van der Waals surface area contributed by atoms with Crippen molar-refractivity contribution in [2.24, 2.45) is 0 Å². The zero-order valence-corrected chi connectivity index (χ0v) is 12.9. The van der Waals surface area contributed by atoms with Crippen LogP contribution >= 0.6 is 18.2 Å². The Hall–Kier alpha value is 0.637. The van der Waals surface area contributed by atoms with Gasteiger partial charge in [0, 0.05) is 25.4 Å². The van der Waals surface area contributed by atoms with Crippen molar-refractivity contribution in [1.29, 1.82) is 0 Å². The molecule has 0 spiro atoms. The topological polar surface area (TPSA) is 81.6 Å². The first-order chi connectivity index (χ1) is 7.21. The van der Waals surface area contributed by atoms with Gasteiger partial charge in [0.2, 0.25) is 0 Å². The number of hydrogen-bond donors (Lipinski definition) is 4. The van der Waals surface area contributed by atoms with E-state index in [9.17, 15) is 4.57 Å². The second kappa shape index (κ2) is 7.87. The molecule has 0 aromatic heterocycles. The molecule has 0 aromatic carbocycles. The van der Waals surface area contributed by atoms with Crippen LogP contribution in [0.4, 0.5) is 0 Å². The molecule has 8 heteroatoms. The van der Waals surface area contributed by atoms with Gasteiger partial charge in [-0.05, 0) is 17.5 Å². The minimum absolute atomic E-state index is 0.443. The second-order valence-corrected chi connectivity index (χ2v) is 14.1. The van der Waals surface area contributed by atoms with Crippen LogP contribution in [0.3, 0.4) is 0 Å². The monoisotopic (exact) mass is 286 g/mol. The number of hydrogen-bond acceptors (Lipinski definition) is 4. The standard InChI is InChI=1S/C8H23N2O3PSSi/c1-16(2,3)8-10-5-4-9-6-7-15-14(11,12)13/h9-10H,4-8H2,1-3H3,(H2,11,12,13). The average Bonchev–Trinajstić information content (AvgIpc) is 2.06. The lowest BCUT2D eigenvalue weighted by molar-refractivity contribution is 0.397. The highest BCUT2D eigenvalue weighted by Gasteiger charge is 2.12. The van der Waals surface area contributed by atoms with Crippen LogP contribution in [0.2, 0.25) is 19.6 Å². The Morgan fingerprint density at radius 2 is 1.69 bits per heavy atom. The molecule has 4 N–H and O–H groups in total. The van der Waals surface area contributed by atoms with Gasteiger partial charge < -0.3 is 20.4 Å². The maximum atomic E-state index is 10.5. The van der Waals surface area contributed by atoms with E-state index in [4.69, 9.17) is 9.79 Å². The van der Waals surface area contributed by atoms with Crippen molar-refractivity contribution in [2.45, 2.75) is 19.6 Å². The van der Waals surface area contributed by atoms with Gasteiger partial charge in [0.05, 0.1) is 8.07 Å². The van der Waals surface area contributed by atoms with E-state index in [1.165, 1.54) is 0 Å². The summed E-state index contributed by atoms with van der Waals surface area (Å²) >= 11 is 0.692. The van der Waals surface area contributed by atoms with Gasteiger partial charge in [-0.25, -0.2) is 4.57 Å². The fraction of sp³-hybridized carbons (Fsp3) is 1.00. The fourth-order valence-electron chi connectivity index (χ4n) is 1.00. The van der Waals surface area contributed by atoms with E-state index >= 15 is 0 Å². The van der Waals surface area contributed by atoms with Gasteiger partial charge in [-0.3, -0.25) is 0 Å². The molecule has 5 nitrogen and oxygen atoms in total. The van der Waals surface area contributed by atoms with Crippen molar-refractivity contribution in [3.8, 4) is 0 Å². The van der Waals surface area contributed by atoms with Crippen LogP contribution in [-0.2, 0) is 4.57 Å². The van der Waals surface area contributed by atoms with Crippen LogP contribution in [0.5, 0.6) is 0 Å². The van der Waals surface area contributed by atoms with Crippen molar-refractivity contribution in [3.63, 3.8) is 0 Å². The minimum Gasteiger partial charge on any atom is -0.318 e. The predicted octanol–water partition coefficient (Wildman–Crippen LogP) is 0.869. The van der Waals surface area contributed by atoms with Crippen LogP contribution in [0.15, 0.2) is 0 Å². The third kappa shape index (κ3) is 14.6. The molecule has 98 valence electrons. The molecule has 0 amide bonds. The van der Waals surface area contributed by atoms with Gasteiger partial charge >= 0.3 is 6.80 Å². The van der Waals surface area contributed by atoms with Crippen LogP contribution in [0.25, 0.3) is 0 Å². The van der Waals surface area contributed by atoms with E-state index in [2.05, 4.69) is 30.3 Å². The van der Waals surface area contributed by atoms with E-state index in [-0.39, 0.29) is 0 Å². The van der Waals surface area contributed by atoms with Crippen molar-refractivity contribution in [2.75, 3.05) is 31.6 Å². The Labute approximate surface area is 103 Å². The van der Waals surface area contributed by atoms with Crippen molar-refractivity contribution in [3.05, 3.63) is 0 Å². The van der Waals surface area contributed by atoms with Crippen LogP contribution in [0, 0.1) is 0 Å². The van der Waals surface area contributed by atoms with E-state index in [0.717, 1.165) is 19.3 Å². The summed E-state index contributed by atoms with van der Waals surface area (Å²) in [5.74, 6) is 0.443. The van der Waals surface area contributed by atoms with E-state index in [0.29, 0.717) is 23.7 Å². The summed E-state index contributed by atoms with van der Waals surface area (Å²) in [7, 11) is -1.00. The largest absolute Gasteiger partial charge is 0.384 e. The minimum atomic E-state index is -3.88. The van der Waals surface area contributed by atoms with Gasteiger partial charge in [-0.1, -0.05) is 19.6 Å². The summed E-state index contributed by atoms with van der Waals surface area (Å²) in [6.07, 6.45) is 1.10. The lowest BCUT2D eigenvalue weighted by Gasteiger charge is -2.16. The third-order valence-electron chi connectivity index (χ3n) is 1.67. The highest BCUT2D eigenvalue weighted by Crippen LogP contribution is 2.49. The predicted molar refractivity (Wildman–Crippen MR) is 73.6 cm³/mol. The fourth-order valence-corrected chi connectivity index (χ4v) is 3.39. The lowest BCUT2D eigenvalue weighted by Crippen LogP contribution is -2.39. The number of rotatable bonds is 9. The summed E-state index contributed by atoms with van der Waals surface area (Å²) in [5, 5.41) is 6.50. The smallest absolute Gasteiger partial charge is 0.318 e. The average molecular weight is 286 g/mol. The Balaban J connectivity index is 3.20. The molecule has 0 aliphatic heterocycles. The van der Waals surface area contributed by atoms with Gasteiger partial charge in [0.15, 0.2) is 0 Å². The first-order valence-electron chi connectivity index (χ1n) is 5.32. The molecule has 0 saturated carbocycles. The van der Waals surface area contributed by atoms with Crippen LogP contribution < -0.4 is 10.6 Å². The Morgan fingerprint density at radius 1 is 1.12 bits per heavy atom. The molecular formula is C8H23N2O3PSSi. The lowest BCUT2D eigenvalue weighted by atomic mass is 10.6. The molecule has 0 rings (SSSR count). The van der Waals surface area contributed by atoms with E-state index in [1.807, 2.05) is 0 Å². The zero-order valence-electron chi connectivity index (χ0n) is 10.2. The maximum absolute atomic E-state index is 10.5. The van der Waals surface area contributed by atoms with Crippen LogP contribution in [-0.4, -0.2) is 49.4 Å². The van der Waals surface area contributed by atoms with Crippen LogP contribution in [0.1, 0.15) is 0 Å². The summed E-state index contributed by atoms with van der Waals surface area (Å²) in [6.45, 7) is 5.42. The summed E-state index contributed by atoms with van der Waals surface area (Å²) < 4.78 is 10.5. The van der Waals surface area contributed by atoms with Gasteiger partial charge in [0.25, 0.3) is 0 Å². The molecule has 0 saturated heterocycles. The van der Waals surface area contributed by atoms with E-state index < -0.39 is 14.9 Å². The summed E-state index contributed by atoms with van der Waals surface area (Å²) in [4.78, 5) is 17.2. The van der Waals surface area contributed by atoms with E-state index in [1.54, 1.807) is 0 Å². The molecule has 0 heterocycles. The Morgan fingerprint density at radius 3 is 2.19 bits per heavy atom. The third-order valence-corrected chi connectivity index (χ3v) is 5.26. The second-order valence-electron chi connectivity index (χ2n) is 4.81. The molecule has 16 heavy (non-hydrogen) atoms. The van der Waals surface area contributed by atoms with Crippen molar-refractivity contribution in [1.82, 2.24) is 10.6 Å². The molecule has 0 aromatic rings. The highest BCUT2D eigenvalue weighted by atomic mass is 32.7. The summed E-state index contributed by atoms with van der Waals surface area (Å²) in [5.41, 5.74) is 0. The Bertz CT molecular complexity index is 232. The first kappa shape index (κ1) is 16.6. The normalized spacial score (nSPS) is 13.1. The molecule has 0 aliphatic carbocycles. The molecule has 0 atom stereocenters. The van der Waals surface area contributed by atoms with Gasteiger partial charge in [-0.2, -0.15) is 0 Å². The summed E-state index contributed by atoms with van der Waals surface area (Å²) in [6, 6.07) is 0. The first-order valence-corrected chi connectivity index (χ1v) is 12.2.